The van der Waals surface area contributed by atoms with Crippen molar-refractivity contribution in [2.75, 3.05) is 5.75 Å². The van der Waals surface area contributed by atoms with Gasteiger partial charge in [-0.05, 0) is 29.7 Å². The molecule has 122 valence electrons. The second-order valence-electron chi connectivity index (χ2n) is 5.46. The Balaban J connectivity index is 1.43. The van der Waals surface area contributed by atoms with Crippen molar-refractivity contribution in [3.8, 4) is 0 Å². The zero-order chi connectivity index (χ0) is 16.9. The number of aromatic nitrogens is 2. The molecule has 0 saturated heterocycles. The third kappa shape index (κ3) is 3.70. The van der Waals surface area contributed by atoms with Crippen molar-refractivity contribution in [3.05, 3.63) is 84.5 Å². The SMILES string of the molecule is C(=C\Sc1cccc2cccnc12)/CSc1cccc2cccnc12. The zero-order valence-corrected chi connectivity index (χ0v) is 15.1. The Kier molecular flexibility index (Phi) is 5.00. The third-order valence-corrected chi connectivity index (χ3v) is 5.73. The van der Waals surface area contributed by atoms with Crippen LogP contribution in [0.5, 0.6) is 0 Å². The molecule has 0 amide bonds. The van der Waals surface area contributed by atoms with Crippen molar-refractivity contribution in [2.45, 2.75) is 9.79 Å². The molecule has 0 spiro atoms. The molecule has 0 N–H and O–H groups in total. The quantitative estimate of drug-likeness (QED) is 0.397. The molecule has 4 heteroatoms. The Morgan fingerprint density at radius 3 is 2.04 bits per heavy atom. The van der Waals surface area contributed by atoms with Crippen LogP contribution in [0.15, 0.2) is 94.3 Å². The number of fused-ring (bicyclic) bond motifs is 2. The normalized spacial score (nSPS) is 11.5. The second-order valence-corrected chi connectivity index (χ2v) is 7.47. The highest BCUT2D eigenvalue weighted by Crippen LogP contribution is 2.29. The Hall–Kier alpha value is -2.30. The average molecular weight is 361 g/mol. The minimum absolute atomic E-state index is 0.918. The van der Waals surface area contributed by atoms with Gasteiger partial charge in [-0.2, -0.15) is 0 Å². The molecule has 0 aliphatic heterocycles. The molecule has 0 saturated carbocycles. The molecule has 0 atom stereocenters. The molecule has 0 radical (unpaired) electrons. The molecule has 2 heterocycles. The van der Waals surface area contributed by atoms with Crippen molar-refractivity contribution >= 4 is 45.3 Å². The predicted octanol–water partition coefficient (Wildman–Crippen LogP) is 6.18. The first-order chi connectivity index (χ1) is 12.4. The summed E-state index contributed by atoms with van der Waals surface area (Å²) in [5.74, 6) is 0.918. The van der Waals surface area contributed by atoms with Crippen LogP contribution in [0, 0.1) is 0 Å². The Morgan fingerprint density at radius 2 is 1.32 bits per heavy atom. The van der Waals surface area contributed by atoms with E-state index in [1.165, 1.54) is 20.6 Å². The van der Waals surface area contributed by atoms with Crippen LogP contribution in [0.25, 0.3) is 21.8 Å². The van der Waals surface area contributed by atoms with E-state index >= 15 is 0 Å². The smallest absolute Gasteiger partial charge is 0.0841 e. The van der Waals surface area contributed by atoms with E-state index in [4.69, 9.17) is 0 Å². The Bertz CT molecular complexity index is 1030. The molecule has 0 aliphatic rings. The second kappa shape index (κ2) is 7.72. The molecular weight excluding hydrogens is 344 g/mol. The fourth-order valence-corrected chi connectivity index (χ4v) is 4.42. The molecule has 2 aromatic heterocycles. The molecule has 2 nitrogen and oxygen atoms in total. The van der Waals surface area contributed by atoms with Gasteiger partial charge in [-0.15, -0.1) is 11.8 Å². The maximum Gasteiger partial charge on any atom is 0.0841 e. The lowest BCUT2D eigenvalue weighted by molar-refractivity contribution is 1.35. The maximum absolute atomic E-state index is 4.50. The van der Waals surface area contributed by atoms with E-state index in [1.807, 2.05) is 36.3 Å². The van der Waals surface area contributed by atoms with Crippen LogP contribution in [0.3, 0.4) is 0 Å². The van der Waals surface area contributed by atoms with Gasteiger partial charge < -0.3 is 0 Å². The van der Waals surface area contributed by atoms with Crippen molar-refractivity contribution in [3.63, 3.8) is 0 Å². The molecule has 0 fully saturated rings. The lowest BCUT2D eigenvalue weighted by atomic mass is 10.2. The molecular formula is C21H16N2S2. The standard InChI is InChI=1S/C21H16N2S2/c1-6-16-8-3-12-22-20(16)18(10-1)24-14-5-15-25-19-11-2-7-17-9-4-13-23-21(17)19/h1-14H,15H2/b14-5+. The molecule has 0 unspecified atom stereocenters. The van der Waals surface area contributed by atoms with Crippen LogP contribution in [-0.4, -0.2) is 15.7 Å². The van der Waals surface area contributed by atoms with Gasteiger partial charge >= 0.3 is 0 Å². The zero-order valence-electron chi connectivity index (χ0n) is 13.5. The fourth-order valence-electron chi connectivity index (χ4n) is 2.66. The van der Waals surface area contributed by atoms with Crippen LogP contribution in [-0.2, 0) is 0 Å². The summed E-state index contributed by atoms with van der Waals surface area (Å²) in [6.07, 6.45) is 5.89. The number of nitrogens with zero attached hydrogens (tertiary/aromatic N) is 2. The lowest BCUT2D eigenvalue weighted by Gasteiger charge is -2.03. The van der Waals surface area contributed by atoms with E-state index < -0.39 is 0 Å². The summed E-state index contributed by atoms with van der Waals surface area (Å²) in [4.78, 5) is 11.4. The average Bonchev–Trinajstić information content (AvgIpc) is 2.68. The van der Waals surface area contributed by atoms with Crippen LogP contribution >= 0.6 is 23.5 Å². The molecule has 0 aliphatic carbocycles. The lowest BCUT2D eigenvalue weighted by Crippen LogP contribution is -1.82. The van der Waals surface area contributed by atoms with Crippen LogP contribution < -0.4 is 0 Å². The monoisotopic (exact) mass is 360 g/mol. The first-order valence-electron chi connectivity index (χ1n) is 8.04. The summed E-state index contributed by atoms with van der Waals surface area (Å²) >= 11 is 3.53. The largest absolute Gasteiger partial charge is 0.255 e. The minimum atomic E-state index is 0.918. The Labute approximate surface area is 155 Å². The highest BCUT2D eigenvalue weighted by Gasteiger charge is 2.02. The van der Waals surface area contributed by atoms with Gasteiger partial charge in [0.25, 0.3) is 0 Å². The number of hydrogen-bond acceptors (Lipinski definition) is 4. The van der Waals surface area contributed by atoms with Gasteiger partial charge in [0, 0.05) is 38.7 Å². The summed E-state index contributed by atoms with van der Waals surface area (Å²) in [6, 6.07) is 20.8. The molecule has 0 bridgehead atoms. The highest BCUT2D eigenvalue weighted by molar-refractivity contribution is 8.02. The molecule has 4 rings (SSSR count). The van der Waals surface area contributed by atoms with E-state index in [9.17, 15) is 0 Å². The van der Waals surface area contributed by atoms with Gasteiger partial charge in [-0.3, -0.25) is 9.97 Å². The van der Waals surface area contributed by atoms with E-state index in [2.05, 4.69) is 70.0 Å². The van der Waals surface area contributed by atoms with E-state index in [0.717, 1.165) is 16.8 Å². The summed E-state index contributed by atoms with van der Waals surface area (Å²) in [7, 11) is 0. The van der Waals surface area contributed by atoms with Gasteiger partial charge in [-0.25, -0.2) is 0 Å². The highest BCUT2D eigenvalue weighted by atomic mass is 32.2. The summed E-state index contributed by atoms with van der Waals surface area (Å²) in [5, 5.41) is 4.51. The van der Waals surface area contributed by atoms with Gasteiger partial charge in [0.2, 0.25) is 0 Å². The van der Waals surface area contributed by atoms with Gasteiger partial charge in [0.15, 0.2) is 0 Å². The Morgan fingerprint density at radius 1 is 0.720 bits per heavy atom. The fraction of sp³-hybridized carbons (Fsp3) is 0.0476. The summed E-state index contributed by atoms with van der Waals surface area (Å²) < 4.78 is 0. The number of para-hydroxylation sites is 2. The third-order valence-electron chi connectivity index (χ3n) is 3.82. The topological polar surface area (TPSA) is 25.8 Å². The molecule has 4 aromatic rings. The number of hydrogen-bond donors (Lipinski definition) is 0. The van der Waals surface area contributed by atoms with Crippen LogP contribution in [0.4, 0.5) is 0 Å². The number of thioether (sulfide) groups is 2. The van der Waals surface area contributed by atoms with Gasteiger partial charge in [0.1, 0.15) is 0 Å². The van der Waals surface area contributed by atoms with E-state index in [-0.39, 0.29) is 0 Å². The minimum Gasteiger partial charge on any atom is -0.255 e. The van der Waals surface area contributed by atoms with Crippen molar-refractivity contribution in [1.29, 1.82) is 0 Å². The maximum atomic E-state index is 4.50. The van der Waals surface area contributed by atoms with Crippen LogP contribution in [0.2, 0.25) is 0 Å². The summed E-state index contributed by atoms with van der Waals surface area (Å²) in [5.41, 5.74) is 2.14. The predicted molar refractivity (Wildman–Crippen MR) is 109 cm³/mol. The van der Waals surface area contributed by atoms with E-state index in [1.54, 1.807) is 11.8 Å². The van der Waals surface area contributed by atoms with Crippen molar-refractivity contribution in [1.82, 2.24) is 9.97 Å². The number of benzene rings is 2. The molecule has 2 aromatic carbocycles. The summed E-state index contributed by atoms with van der Waals surface area (Å²) in [6.45, 7) is 0. The van der Waals surface area contributed by atoms with Crippen molar-refractivity contribution < 1.29 is 0 Å². The van der Waals surface area contributed by atoms with E-state index in [0.29, 0.717) is 0 Å². The number of rotatable bonds is 5. The van der Waals surface area contributed by atoms with Crippen molar-refractivity contribution in [2.24, 2.45) is 0 Å². The first kappa shape index (κ1) is 16.2. The van der Waals surface area contributed by atoms with Gasteiger partial charge in [-0.1, -0.05) is 54.2 Å². The molecule has 25 heavy (non-hydrogen) atoms. The first-order valence-corrected chi connectivity index (χ1v) is 9.90. The van der Waals surface area contributed by atoms with Gasteiger partial charge in [0.05, 0.1) is 11.0 Å². The van der Waals surface area contributed by atoms with Crippen LogP contribution in [0.1, 0.15) is 0 Å². The number of pyridine rings is 2.